The maximum Gasteiger partial charge on any atom is 0.120 e. The highest BCUT2D eigenvalue weighted by Crippen LogP contribution is 2.39. The molecule has 0 bridgehead atoms. The lowest BCUT2D eigenvalue weighted by Crippen LogP contribution is -2.32. The van der Waals surface area contributed by atoms with E-state index in [0.29, 0.717) is 11.5 Å². The van der Waals surface area contributed by atoms with E-state index in [1.54, 1.807) is 0 Å². The molecule has 5 rings (SSSR count). The van der Waals surface area contributed by atoms with Gasteiger partial charge in [0.05, 0.1) is 6.10 Å². The maximum absolute atomic E-state index is 6.41. The van der Waals surface area contributed by atoms with Crippen LogP contribution in [0.25, 0.3) is 10.8 Å². The van der Waals surface area contributed by atoms with Crippen molar-refractivity contribution in [3.8, 4) is 5.75 Å². The summed E-state index contributed by atoms with van der Waals surface area (Å²) in [5.74, 6) is 2.57. The Morgan fingerprint density at radius 2 is 1.44 bits per heavy atom. The van der Waals surface area contributed by atoms with Crippen LogP contribution in [0, 0.1) is 11.3 Å². The molecule has 0 spiro atoms. The van der Waals surface area contributed by atoms with E-state index in [4.69, 9.17) is 4.74 Å². The summed E-state index contributed by atoms with van der Waals surface area (Å²) in [5.41, 5.74) is 3.34. The Labute approximate surface area is 206 Å². The molecule has 1 saturated carbocycles. The molecule has 2 nitrogen and oxygen atoms in total. The van der Waals surface area contributed by atoms with Crippen molar-refractivity contribution in [2.24, 2.45) is 11.3 Å². The van der Waals surface area contributed by atoms with Gasteiger partial charge in [-0.2, -0.15) is 0 Å². The number of fused-ring (bicyclic) bond motifs is 1. The second kappa shape index (κ2) is 10.1. The summed E-state index contributed by atoms with van der Waals surface area (Å²) < 4.78 is 6.41. The molecule has 2 aliphatic rings. The van der Waals surface area contributed by atoms with E-state index < -0.39 is 0 Å². The number of hydrogen-bond acceptors (Lipinski definition) is 2. The first kappa shape index (κ1) is 23.4. The monoisotopic (exact) mass is 455 g/mol. The normalized spacial score (nSPS) is 22.7. The Kier molecular flexibility index (Phi) is 6.97. The number of ether oxygens (including phenoxy) is 1. The summed E-state index contributed by atoms with van der Waals surface area (Å²) in [6, 6.07) is 24.7. The SMILES string of the molecule is CC(C)(C)C1CCC(Oc2ccc3cc(CN4CCC(c5ccccc5)CC4)ccc3c2)CC1. The maximum atomic E-state index is 6.41. The van der Waals surface area contributed by atoms with Crippen molar-refractivity contribution in [1.82, 2.24) is 4.90 Å². The lowest BCUT2D eigenvalue weighted by molar-refractivity contribution is 0.0883. The number of rotatable bonds is 5. The molecule has 1 aliphatic carbocycles. The zero-order chi connectivity index (χ0) is 23.5. The Hall–Kier alpha value is -2.32. The highest BCUT2D eigenvalue weighted by molar-refractivity contribution is 5.84. The van der Waals surface area contributed by atoms with E-state index in [2.05, 4.69) is 92.4 Å². The van der Waals surface area contributed by atoms with Gasteiger partial charge < -0.3 is 4.74 Å². The summed E-state index contributed by atoms with van der Waals surface area (Å²) in [5, 5.41) is 2.60. The molecule has 2 heteroatoms. The Morgan fingerprint density at radius 3 is 2.15 bits per heavy atom. The van der Waals surface area contributed by atoms with Gasteiger partial charge in [0, 0.05) is 6.54 Å². The van der Waals surface area contributed by atoms with Crippen LogP contribution in [-0.2, 0) is 6.54 Å². The molecule has 0 atom stereocenters. The van der Waals surface area contributed by atoms with Crippen molar-refractivity contribution in [2.45, 2.75) is 77.9 Å². The largest absolute Gasteiger partial charge is 0.490 e. The van der Waals surface area contributed by atoms with E-state index in [1.165, 1.54) is 73.5 Å². The van der Waals surface area contributed by atoms with Crippen LogP contribution >= 0.6 is 0 Å². The molecule has 180 valence electrons. The van der Waals surface area contributed by atoms with Gasteiger partial charge in [0.1, 0.15) is 5.75 Å². The fraction of sp³-hybridized carbons (Fsp3) is 0.500. The van der Waals surface area contributed by atoms with E-state index in [9.17, 15) is 0 Å². The summed E-state index contributed by atoms with van der Waals surface area (Å²) in [7, 11) is 0. The van der Waals surface area contributed by atoms with Crippen LogP contribution in [0.4, 0.5) is 0 Å². The molecule has 34 heavy (non-hydrogen) atoms. The molecule has 0 amide bonds. The van der Waals surface area contributed by atoms with Crippen LogP contribution in [-0.4, -0.2) is 24.1 Å². The second-order valence-corrected chi connectivity index (χ2v) is 11.8. The summed E-state index contributed by atoms with van der Waals surface area (Å²) in [6.45, 7) is 10.5. The minimum atomic E-state index is 0.370. The van der Waals surface area contributed by atoms with E-state index >= 15 is 0 Å². The van der Waals surface area contributed by atoms with E-state index in [0.717, 1.165) is 24.1 Å². The molecule has 0 N–H and O–H groups in total. The molecule has 3 aromatic rings. The predicted molar refractivity (Wildman–Crippen MR) is 143 cm³/mol. The average Bonchev–Trinajstić information content (AvgIpc) is 2.85. The van der Waals surface area contributed by atoms with Crippen molar-refractivity contribution < 1.29 is 4.74 Å². The quantitative estimate of drug-likeness (QED) is 0.384. The highest BCUT2D eigenvalue weighted by Gasteiger charge is 2.30. The highest BCUT2D eigenvalue weighted by atomic mass is 16.5. The number of hydrogen-bond donors (Lipinski definition) is 0. The average molecular weight is 456 g/mol. The minimum absolute atomic E-state index is 0.370. The van der Waals surface area contributed by atoms with Crippen molar-refractivity contribution in [2.75, 3.05) is 13.1 Å². The molecule has 1 saturated heterocycles. The lowest BCUT2D eigenvalue weighted by Gasteiger charge is -2.37. The molecule has 1 heterocycles. The number of benzene rings is 3. The predicted octanol–water partition coefficient (Wildman–Crippen LogP) is 8.20. The third kappa shape index (κ3) is 5.66. The van der Waals surface area contributed by atoms with Crippen LogP contribution in [0.1, 0.15) is 76.3 Å². The molecule has 1 aliphatic heterocycles. The van der Waals surface area contributed by atoms with Crippen LogP contribution < -0.4 is 4.74 Å². The summed E-state index contributed by atoms with van der Waals surface area (Å²) >= 11 is 0. The summed E-state index contributed by atoms with van der Waals surface area (Å²) in [4.78, 5) is 2.62. The van der Waals surface area contributed by atoms with Crippen LogP contribution in [0.15, 0.2) is 66.7 Å². The summed E-state index contributed by atoms with van der Waals surface area (Å²) in [6.07, 6.45) is 7.82. The van der Waals surface area contributed by atoms with Gasteiger partial charge in [-0.3, -0.25) is 4.90 Å². The Bertz CT molecular complexity index is 1070. The van der Waals surface area contributed by atoms with Gasteiger partial charge in [-0.25, -0.2) is 0 Å². The van der Waals surface area contributed by atoms with Crippen LogP contribution in [0.3, 0.4) is 0 Å². The molecular weight excluding hydrogens is 414 g/mol. The Balaban J connectivity index is 1.16. The molecule has 2 fully saturated rings. The second-order valence-electron chi connectivity index (χ2n) is 11.8. The fourth-order valence-corrected chi connectivity index (χ4v) is 6.09. The van der Waals surface area contributed by atoms with Gasteiger partial charge in [0.2, 0.25) is 0 Å². The first-order valence-electron chi connectivity index (χ1n) is 13.4. The van der Waals surface area contributed by atoms with Gasteiger partial charge >= 0.3 is 0 Å². The molecule has 0 unspecified atom stereocenters. The van der Waals surface area contributed by atoms with Crippen LogP contribution in [0.5, 0.6) is 5.75 Å². The van der Waals surface area contributed by atoms with E-state index in [1.807, 2.05) is 0 Å². The van der Waals surface area contributed by atoms with Gasteiger partial charge in [0.25, 0.3) is 0 Å². The standard InChI is InChI=1S/C32H41NO/c1-32(2,3)29-12-15-30(16-13-29)34-31-14-11-27-21-24(9-10-28(27)22-31)23-33-19-17-26(18-20-33)25-7-5-4-6-8-25/h4-11,14,21-22,26,29-30H,12-13,15-20,23H2,1-3H3. The zero-order valence-corrected chi connectivity index (χ0v) is 21.3. The number of nitrogens with zero attached hydrogens (tertiary/aromatic N) is 1. The van der Waals surface area contributed by atoms with Gasteiger partial charge in [-0.15, -0.1) is 0 Å². The first-order chi connectivity index (χ1) is 16.4. The van der Waals surface area contributed by atoms with Gasteiger partial charge in [0.15, 0.2) is 0 Å². The van der Waals surface area contributed by atoms with Crippen molar-refractivity contribution >= 4 is 10.8 Å². The van der Waals surface area contributed by atoms with Crippen LogP contribution in [0.2, 0.25) is 0 Å². The van der Waals surface area contributed by atoms with Crippen molar-refractivity contribution in [1.29, 1.82) is 0 Å². The fourth-order valence-electron chi connectivity index (χ4n) is 6.09. The van der Waals surface area contributed by atoms with E-state index in [-0.39, 0.29) is 0 Å². The lowest BCUT2D eigenvalue weighted by atomic mass is 9.72. The first-order valence-corrected chi connectivity index (χ1v) is 13.4. The third-order valence-corrected chi connectivity index (χ3v) is 8.34. The minimum Gasteiger partial charge on any atom is -0.490 e. The smallest absolute Gasteiger partial charge is 0.120 e. The number of piperidine rings is 1. The van der Waals surface area contributed by atoms with Gasteiger partial charge in [-0.05, 0) is 109 Å². The molecule has 3 aromatic carbocycles. The van der Waals surface area contributed by atoms with Gasteiger partial charge in [-0.1, -0.05) is 69.3 Å². The topological polar surface area (TPSA) is 12.5 Å². The molecule has 0 aromatic heterocycles. The third-order valence-electron chi connectivity index (χ3n) is 8.34. The zero-order valence-electron chi connectivity index (χ0n) is 21.3. The Morgan fingerprint density at radius 1 is 0.765 bits per heavy atom. The number of likely N-dealkylation sites (tertiary alicyclic amines) is 1. The molecular formula is C32H41NO. The van der Waals surface area contributed by atoms with Crippen molar-refractivity contribution in [3.63, 3.8) is 0 Å². The molecule has 0 radical (unpaired) electrons. The van der Waals surface area contributed by atoms with Crippen molar-refractivity contribution in [3.05, 3.63) is 77.9 Å².